The van der Waals surface area contributed by atoms with Gasteiger partial charge in [0.25, 0.3) is 0 Å². The van der Waals surface area contributed by atoms with E-state index in [4.69, 9.17) is 5.73 Å². The Morgan fingerprint density at radius 1 is 1.54 bits per heavy atom. The zero-order valence-electron chi connectivity index (χ0n) is 7.18. The predicted molar refractivity (Wildman–Crippen MR) is 54.6 cm³/mol. The lowest BCUT2D eigenvalue weighted by atomic mass is 10.2. The lowest BCUT2D eigenvalue weighted by molar-refractivity contribution is 0.714. The summed E-state index contributed by atoms with van der Waals surface area (Å²) in [4.78, 5) is 4.11. The van der Waals surface area contributed by atoms with Crippen LogP contribution in [0.5, 0.6) is 0 Å². The third-order valence-electron chi connectivity index (χ3n) is 1.90. The second-order valence-electron chi connectivity index (χ2n) is 2.77. The molecule has 3 nitrogen and oxygen atoms in total. The summed E-state index contributed by atoms with van der Waals surface area (Å²) in [6.45, 7) is 1.47. The second kappa shape index (κ2) is 3.72. The Labute approximate surface area is 80.8 Å². The molecule has 0 spiro atoms. The van der Waals surface area contributed by atoms with Crippen LogP contribution in [-0.2, 0) is 6.54 Å². The normalized spacial score (nSPS) is 10.5. The van der Waals surface area contributed by atoms with Gasteiger partial charge in [-0.1, -0.05) is 0 Å². The Hall–Kier alpha value is -1.13. The number of thiophene rings is 1. The smallest absolute Gasteiger partial charge is 0.0951 e. The first-order valence-electron chi connectivity index (χ1n) is 4.14. The van der Waals surface area contributed by atoms with E-state index in [0.29, 0.717) is 6.54 Å². The molecular formula is C9H11N3S. The molecule has 0 unspecified atom stereocenters. The van der Waals surface area contributed by atoms with Gasteiger partial charge in [-0.15, -0.1) is 0 Å². The number of hydrogen-bond acceptors (Lipinski definition) is 3. The van der Waals surface area contributed by atoms with Gasteiger partial charge in [0, 0.05) is 24.0 Å². The van der Waals surface area contributed by atoms with E-state index in [1.807, 2.05) is 12.5 Å². The zero-order chi connectivity index (χ0) is 9.10. The van der Waals surface area contributed by atoms with Gasteiger partial charge in [0.2, 0.25) is 0 Å². The SMILES string of the molecule is NCCn1cncc1-c1ccsc1. The molecule has 0 bridgehead atoms. The van der Waals surface area contributed by atoms with Crippen molar-refractivity contribution in [1.29, 1.82) is 0 Å². The fraction of sp³-hybridized carbons (Fsp3) is 0.222. The second-order valence-corrected chi connectivity index (χ2v) is 3.55. The van der Waals surface area contributed by atoms with Crippen LogP contribution in [0.2, 0.25) is 0 Å². The quantitative estimate of drug-likeness (QED) is 0.804. The summed E-state index contributed by atoms with van der Waals surface area (Å²) in [5.41, 5.74) is 7.86. The first kappa shape index (κ1) is 8.47. The van der Waals surface area contributed by atoms with Crippen molar-refractivity contribution in [3.05, 3.63) is 29.4 Å². The van der Waals surface area contributed by atoms with E-state index in [1.54, 1.807) is 11.3 Å². The molecule has 0 fully saturated rings. The first-order valence-corrected chi connectivity index (χ1v) is 5.09. The summed E-state index contributed by atoms with van der Waals surface area (Å²) in [5.74, 6) is 0. The Morgan fingerprint density at radius 3 is 3.15 bits per heavy atom. The van der Waals surface area contributed by atoms with Gasteiger partial charge < -0.3 is 10.3 Å². The Bertz CT molecular complexity index is 364. The molecule has 68 valence electrons. The van der Waals surface area contributed by atoms with Gasteiger partial charge in [0.15, 0.2) is 0 Å². The van der Waals surface area contributed by atoms with Crippen LogP contribution in [0.25, 0.3) is 11.3 Å². The molecule has 0 saturated carbocycles. The Kier molecular flexibility index (Phi) is 2.42. The fourth-order valence-electron chi connectivity index (χ4n) is 1.29. The number of hydrogen-bond donors (Lipinski definition) is 1. The van der Waals surface area contributed by atoms with Crippen LogP contribution in [0.15, 0.2) is 29.4 Å². The molecule has 0 atom stereocenters. The largest absolute Gasteiger partial charge is 0.329 e. The van der Waals surface area contributed by atoms with E-state index in [2.05, 4.69) is 26.4 Å². The van der Waals surface area contributed by atoms with Gasteiger partial charge in [-0.25, -0.2) is 4.98 Å². The third-order valence-corrected chi connectivity index (χ3v) is 2.58. The molecule has 0 aliphatic rings. The van der Waals surface area contributed by atoms with Gasteiger partial charge in [-0.3, -0.25) is 0 Å². The first-order chi connectivity index (χ1) is 6.42. The van der Waals surface area contributed by atoms with E-state index >= 15 is 0 Å². The van der Waals surface area contributed by atoms with E-state index < -0.39 is 0 Å². The fourth-order valence-corrected chi connectivity index (χ4v) is 1.94. The molecule has 0 aliphatic heterocycles. The van der Waals surface area contributed by atoms with E-state index in [9.17, 15) is 0 Å². The monoisotopic (exact) mass is 193 g/mol. The molecule has 0 radical (unpaired) electrons. The van der Waals surface area contributed by atoms with Crippen molar-refractivity contribution < 1.29 is 0 Å². The van der Waals surface area contributed by atoms with Crippen molar-refractivity contribution in [1.82, 2.24) is 9.55 Å². The average Bonchev–Trinajstić information content (AvgIpc) is 2.71. The molecule has 2 rings (SSSR count). The van der Waals surface area contributed by atoms with Crippen LogP contribution < -0.4 is 5.73 Å². The molecule has 2 aromatic rings. The van der Waals surface area contributed by atoms with Crippen molar-refractivity contribution in [2.24, 2.45) is 5.73 Å². The molecule has 2 heterocycles. The summed E-state index contributed by atoms with van der Waals surface area (Å²) in [5, 5.41) is 4.18. The minimum atomic E-state index is 0.646. The highest BCUT2D eigenvalue weighted by Gasteiger charge is 2.03. The maximum Gasteiger partial charge on any atom is 0.0951 e. The number of aromatic nitrogens is 2. The van der Waals surface area contributed by atoms with E-state index in [-0.39, 0.29) is 0 Å². The van der Waals surface area contributed by atoms with E-state index in [1.165, 1.54) is 5.56 Å². The van der Waals surface area contributed by atoms with Crippen LogP contribution in [-0.4, -0.2) is 16.1 Å². The van der Waals surface area contributed by atoms with Crippen LogP contribution in [0.1, 0.15) is 0 Å². The number of rotatable bonds is 3. The molecule has 2 N–H and O–H groups in total. The Morgan fingerprint density at radius 2 is 2.46 bits per heavy atom. The number of nitrogens with zero attached hydrogens (tertiary/aromatic N) is 2. The van der Waals surface area contributed by atoms with Crippen LogP contribution in [0, 0.1) is 0 Å². The topological polar surface area (TPSA) is 43.8 Å². The maximum absolute atomic E-state index is 5.50. The van der Waals surface area contributed by atoms with Crippen molar-refractivity contribution in [3.63, 3.8) is 0 Å². The van der Waals surface area contributed by atoms with Crippen LogP contribution >= 0.6 is 11.3 Å². The van der Waals surface area contributed by atoms with Crippen LogP contribution in [0.3, 0.4) is 0 Å². The Balaban J connectivity index is 2.35. The van der Waals surface area contributed by atoms with Gasteiger partial charge in [-0.05, 0) is 11.4 Å². The predicted octanol–water partition coefficient (Wildman–Crippen LogP) is 1.57. The number of nitrogens with two attached hydrogens (primary N) is 1. The third kappa shape index (κ3) is 1.64. The highest BCUT2D eigenvalue weighted by molar-refractivity contribution is 7.08. The molecule has 4 heteroatoms. The van der Waals surface area contributed by atoms with E-state index in [0.717, 1.165) is 12.2 Å². The van der Waals surface area contributed by atoms with Crippen molar-refractivity contribution in [2.75, 3.05) is 6.54 Å². The molecule has 13 heavy (non-hydrogen) atoms. The molecular weight excluding hydrogens is 182 g/mol. The van der Waals surface area contributed by atoms with Gasteiger partial charge in [0.05, 0.1) is 18.2 Å². The summed E-state index contributed by atoms with van der Waals surface area (Å²) in [6.07, 6.45) is 3.69. The lowest BCUT2D eigenvalue weighted by Gasteiger charge is -2.03. The highest BCUT2D eigenvalue weighted by Crippen LogP contribution is 2.21. The summed E-state index contributed by atoms with van der Waals surface area (Å²) in [7, 11) is 0. The standard InChI is InChI=1S/C9H11N3S/c10-2-3-12-7-11-5-9(12)8-1-4-13-6-8/h1,4-7H,2-3,10H2. The zero-order valence-corrected chi connectivity index (χ0v) is 8.00. The van der Waals surface area contributed by atoms with Gasteiger partial charge >= 0.3 is 0 Å². The van der Waals surface area contributed by atoms with Crippen molar-refractivity contribution >= 4 is 11.3 Å². The van der Waals surface area contributed by atoms with Gasteiger partial charge in [0.1, 0.15) is 0 Å². The van der Waals surface area contributed by atoms with Crippen molar-refractivity contribution in [2.45, 2.75) is 6.54 Å². The number of imidazole rings is 1. The molecule has 0 aliphatic carbocycles. The average molecular weight is 193 g/mol. The maximum atomic E-state index is 5.50. The van der Waals surface area contributed by atoms with Crippen molar-refractivity contribution in [3.8, 4) is 11.3 Å². The van der Waals surface area contributed by atoms with Gasteiger partial charge in [-0.2, -0.15) is 11.3 Å². The van der Waals surface area contributed by atoms with Crippen LogP contribution in [0.4, 0.5) is 0 Å². The molecule has 0 saturated heterocycles. The summed E-state index contributed by atoms with van der Waals surface area (Å²) < 4.78 is 2.07. The highest BCUT2D eigenvalue weighted by atomic mass is 32.1. The molecule has 0 aromatic carbocycles. The molecule has 0 amide bonds. The minimum absolute atomic E-state index is 0.646. The summed E-state index contributed by atoms with van der Waals surface area (Å²) >= 11 is 1.69. The minimum Gasteiger partial charge on any atom is -0.329 e. The lowest BCUT2D eigenvalue weighted by Crippen LogP contribution is -2.09. The summed E-state index contributed by atoms with van der Waals surface area (Å²) in [6, 6.07) is 2.09. The molecule has 2 aromatic heterocycles.